The smallest absolute Gasteiger partial charge is 0.315 e. The number of halogens is 1. The average molecular weight is 341 g/mol. The summed E-state index contributed by atoms with van der Waals surface area (Å²) >= 11 is 3.42. The van der Waals surface area contributed by atoms with Crippen molar-refractivity contribution in [1.29, 1.82) is 0 Å². The third-order valence-corrected chi connectivity index (χ3v) is 4.30. The standard InChI is InChI=1S/C15H21BrN2O2/c1-11(12-5-4-6-13(16)9-12)18-14(19)17-10-15(20)7-2-3-8-15/h4-6,9,11,20H,2-3,7-8,10H2,1H3,(H2,17,18,19). The third-order valence-electron chi connectivity index (χ3n) is 3.81. The molecule has 4 nitrogen and oxygen atoms in total. The molecule has 110 valence electrons. The summed E-state index contributed by atoms with van der Waals surface area (Å²) < 4.78 is 0.990. The highest BCUT2D eigenvalue weighted by Gasteiger charge is 2.31. The van der Waals surface area contributed by atoms with Crippen LogP contribution in [-0.2, 0) is 0 Å². The molecule has 1 aliphatic rings. The van der Waals surface area contributed by atoms with Gasteiger partial charge in [-0.1, -0.05) is 40.9 Å². The Bertz CT molecular complexity index is 473. The van der Waals surface area contributed by atoms with Gasteiger partial charge in [0.2, 0.25) is 0 Å². The summed E-state index contributed by atoms with van der Waals surface area (Å²) in [6.07, 6.45) is 3.62. The third kappa shape index (κ3) is 4.21. The summed E-state index contributed by atoms with van der Waals surface area (Å²) in [6.45, 7) is 2.26. The quantitative estimate of drug-likeness (QED) is 0.788. The van der Waals surface area contributed by atoms with Gasteiger partial charge in [-0.15, -0.1) is 0 Å². The normalized spacial score (nSPS) is 18.6. The molecule has 20 heavy (non-hydrogen) atoms. The van der Waals surface area contributed by atoms with E-state index in [2.05, 4.69) is 26.6 Å². The first-order valence-electron chi connectivity index (χ1n) is 7.01. The number of carbonyl (C=O) groups excluding carboxylic acids is 1. The van der Waals surface area contributed by atoms with Crippen LogP contribution in [0.25, 0.3) is 0 Å². The van der Waals surface area contributed by atoms with Gasteiger partial charge in [0, 0.05) is 11.0 Å². The predicted molar refractivity (Wildman–Crippen MR) is 82.5 cm³/mol. The summed E-state index contributed by atoms with van der Waals surface area (Å²) in [6, 6.07) is 7.53. The lowest BCUT2D eigenvalue weighted by molar-refractivity contribution is 0.0500. The van der Waals surface area contributed by atoms with Crippen LogP contribution < -0.4 is 10.6 Å². The molecule has 0 radical (unpaired) electrons. The van der Waals surface area contributed by atoms with E-state index in [1.54, 1.807) is 0 Å². The molecule has 1 unspecified atom stereocenters. The maximum atomic E-state index is 11.9. The first kappa shape index (κ1) is 15.3. The van der Waals surface area contributed by atoms with E-state index >= 15 is 0 Å². The molecule has 0 aliphatic heterocycles. The van der Waals surface area contributed by atoms with E-state index in [9.17, 15) is 9.90 Å². The molecule has 0 spiro atoms. The molecule has 1 fully saturated rings. The highest BCUT2D eigenvalue weighted by Crippen LogP contribution is 2.28. The van der Waals surface area contributed by atoms with Crippen LogP contribution in [0.15, 0.2) is 28.7 Å². The minimum atomic E-state index is -0.712. The van der Waals surface area contributed by atoms with Crippen molar-refractivity contribution in [2.45, 2.75) is 44.2 Å². The Morgan fingerprint density at radius 3 is 2.80 bits per heavy atom. The first-order chi connectivity index (χ1) is 9.48. The van der Waals surface area contributed by atoms with E-state index in [0.29, 0.717) is 6.54 Å². The van der Waals surface area contributed by atoms with Crippen molar-refractivity contribution in [1.82, 2.24) is 10.6 Å². The number of urea groups is 1. The topological polar surface area (TPSA) is 61.4 Å². The van der Waals surface area contributed by atoms with Crippen LogP contribution in [0.5, 0.6) is 0 Å². The van der Waals surface area contributed by atoms with Crippen LogP contribution in [-0.4, -0.2) is 23.3 Å². The summed E-state index contributed by atoms with van der Waals surface area (Å²) in [4.78, 5) is 11.9. The van der Waals surface area contributed by atoms with Crippen LogP contribution >= 0.6 is 15.9 Å². The lowest BCUT2D eigenvalue weighted by Gasteiger charge is -2.23. The number of aliphatic hydroxyl groups is 1. The zero-order valence-electron chi connectivity index (χ0n) is 11.7. The predicted octanol–water partition coefficient (Wildman–Crippen LogP) is 3.11. The Balaban J connectivity index is 1.82. The van der Waals surface area contributed by atoms with Crippen LogP contribution in [0.2, 0.25) is 0 Å². The van der Waals surface area contributed by atoms with E-state index in [1.807, 2.05) is 31.2 Å². The Labute approximate surface area is 128 Å². The van der Waals surface area contributed by atoms with Gasteiger partial charge in [0.05, 0.1) is 11.6 Å². The van der Waals surface area contributed by atoms with E-state index in [4.69, 9.17) is 0 Å². The molecule has 5 heteroatoms. The van der Waals surface area contributed by atoms with Crippen molar-refractivity contribution in [3.8, 4) is 0 Å². The molecule has 0 bridgehead atoms. The molecule has 1 aliphatic carbocycles. The van der Waals surface area contributed by atoms with Gasteiger partial charge in [0.1, 0.15) is 0 Å². The van der Waals surface area contributed by atoms with Crippen LogP contribution in [0.3, 0.4) is 0 Å². The minimum absolute atomic E-state index is 0.0780. The Morgan fingerprint density at radius 2 is 2.15 bits per heavy atom. The van der Waals surface area contributed by atoms with Gasteiger partial charge in [0.25, 0.3) is 0 Å². The number of nitrogens with one attached hydrogen (secondary N) is 2. The second kappa shape index (κ2) is 6.59. The zero-order valence-corrected chi connectivity index (χ0v) is 13.2. The molecule has 0 heterocycles. The van der Waals surface area contributed by atoms with E-state index in [-0.39, 0.29) is 12.1 Å². The number of rotatable bonds is 4. The van der Waals surface area contributed by atoms with Gasteiger partial charge in [-0.05, 0) is 37.5 Å². The van der Waals surface area contributed by atoms with Crippen molar-refractivity contribution in [3.63, 3.8) is 0 Å². The number of amides is 2. The highest BCUT2D eigenvalue weighted by molar-refractivity contribution is 9.10. The molecule has 2 rings (SSSR count). The van der Waals surface area contributed by atoms with Crippen LogP contribution in [0, 0.1) is 0 Å². The average Bonchev–Trinajstić information content (AvgIpc) is 2.84. The molecule has 1 aromatic rings. The van der Waals surface area contributed by atoms with Gasteiger partial charge < -0.3 is 15.7 Å². The van der Waals surface area contributed by atoms with Crippen molar-refractivity contribution in [3.05, 3.63) is 34.3 Å². The number of benzene rings is 1. The molecule has 1 saturated carbocycles. The van der Waals surface area contributed by atoms with Crippen molar-refractivity contribution < 1.29 is 9.90 Å². The minimum Gasteiger partial charge on any atom is -0.388 e. The van der Waals surface area contributed by atoms with Gasteiger partial charge in [-0.2, -0.15) is 0 Å². The summed E-state index contributed by atoms with van der Waals surface area (Å²) in [5.74, 6) is 0. The first-order valence-corrected chi connectivity index (χ1v) is 7.80. The molecule has 2 amide bonds. The summed E-state index contributed by atoms with van der Waals surface area (Å²) in [7, 11) is 0. The van der Waals surface area contributed by atoms with Gasteiger partial charge in [-0.3, -0.25) is 0 Å². The summed E-state index contributed by atoms with van der Waals surface area (Å²) in [5, 5.41) is 15.8. The van der Waals surface area contributed by atoms with E-state index < -0.39 is 5.60 Å². The Kier molecular flexibility index (Phi) is 5.05. The van der Waals surface area contributed by atoms with Gasteiger partial charge in [-0.25, -0.2) is 4.79 Å². The molecular weight excluding hydrogens is 320 g/mol. The monoisotopic (exact) mass is 340 g/mol. The molecule has 0 saturated heterocycles. The van der Waals surface area contributed by atoms with Crippen molar-refractivity contribution in [2.75, 3.05) is 6.54 Å². The lowest BCUT2D eigenvalue weighted by atomic mass is 10.0. The molecule has 1 atom stereocenters. The van der Waals surface area contributed by atoms with Gasteiger partial charge in [0.15, 0.2) is 0 Å². The maximum Gasteiger partial charge on any atom is 0.315 e. The van der Waals surface area contributed by atoms with Gasteiger partial charge >= 0.3 is 6.03 Å². The summed E-state index contributed by atoms with van der Waals surface area (Å²) in [5.41, 5.74) is 0.324. The van der Waals surface area contributed by atoms with Crippen molar-refractivity contribution >= 4 is 22.0 Å². The molecular formula is C15H21BrN2O2. The fraction of sp³-hybridized carbons (Fsp3) is 0.533. The highest BCUT2D eigenvalue weighted by atomic mass is 79.9. The maximum absolute atomic E-state index is 11.9. The Morgan fingerprint density at radius 1 is 1.45 bits per heavy atom. The molecule has 0 aromatic heterocycles. The Hall–Kier alpha value is -1.07. The largest absolute Gasteiger partial charge is 0.388 e. The van der Waals surface area contributed by atoms with E-state index in [0.717, 1.165) is 35.7 Å². The fourth-order valence-electron chi connectivity index (χ4n) is 2.56. The number of hydrogen-bond donors (Lipinski definition) is 3. The number of carbonyl (C=O) groups is 1. The van der Waals surface area contributed by atoms with E-state index in [1.165, 1.54) is 0 Å². The molecule has 1 aromatic carbocycles. The van der Waals surface area contributed by atoms with Crippen molar-refractivity contribution in [2.24, 2.45) is 0 Å². The lowest BCUT2D eigenvalue weighted by Crippen LogP contribution is -2.45. The fourth-order valence-corrected chi connectivity index (χ4v) is 2.98. The zero-order chi connectivity index (χ0) is 14.6. The SMILES string of the molecule is CC(NC(=O)NCC1(O)CCCC1)c1cccc(Br)c1. The second-order valence-electron chi connectivity index (χ2n) is 5.54. The number of hydrogen-bond acceptors (Lipinski definition) is 2. The van der Waals surface area contributed by atoms with Crippen LogP contribution in [0.4, 0.5) is 4.79 Å². The van der Waals surface area contributed by atoms with Crippen LogP contribution in [0.1, 0.15) is 44.2 Å². The molecule has 3 N–H and O–H groups in total. The second-order valence-corrected chi connectivity index (χ2v) is 6.45.